The van der Waals surface area contributed by atoms with Crippen molar-refractivity contribution in [3.63, 3.8) is 0 Å². The average molecular weight is 451 g/mol. The number of benzene rings is 1. The van der Waals surface area contributed by atoms with Crippen LogP contribution in [0, 0.1) is 18.6 Å². The number of hydrogen-bond acceptors (Lipinski definition) is 6. The summed E-state index contributed by atoms with van der Waals surface area (Å²) in [6.45, 7) is 7.21. The summed E-state index contributed by atoms with van der Waals surface area (Å²) in [6.07, 6.45) is 6.11. The number of nitrogens with one attached hydrogen (secondary N) is 2. The van der Waals surface area contributed by atoms with Crippen LogP contribution in [-0.2, 0) is 0 Å². The molecule has 4 heterocycles. The Hall–Kier alpha value is -3.66. The van der Waals surface area contributed by atoms with E-state index < -0.39 is 17.5 Å². The lowest BCUT2D eigenvalue weighted by molar-refractivity contribution is 0.102. The van der Waals surface area contributed by atoms with E-state index in [-0.39, 0.29) is 34.5 Å². The molecule has 2 N–H and O–H groups in total. The van der Waals surface area contributed by atoms with Gasteiger partial charge in [-0.3, -0.25) is 14.8 Å². The molecule has 2 atom stereocenters. The molecule has 0 bridgehead atoms. The topological polar surface area (TPSA) is 87.5 Å². The van der Waals surface area contributed by atoms with Crippen molar-refractivity contribution in [2.24, 2.45) is 0 Å². The predicted octanol–water partition coefficient (Wildman–Crippen LogP) is 3.30. The third-order valence-electron chi connectivity index (χ3n) is 5.69. The molecule has 33 heavy (non-hydrogen) atoms. The number of nitrogens with zero attached hydrogens (tertiary/aromatic N) is 5. The number of carbonyl (C=O) groups is 1. The van der Waals surface area contributed by atoms with Gasteiger partial charge in [0.25, 0.3) is 5.91 Å². The zero-order valence-electron chi connectivity index (χ0n) is 18.4. The molecule has 5 rings (SSSR count). The molecule has 0 spiro atoms. The van der Waals surface area contributed by atoms with E-state index in [2.05, 4.69) is 44.3 Å². The quantitative estimate of drug-likeness (QED) is 0.497. The minimum Gasteiger partial charge on any atom is -0.367 e. The lowest BCUT2D eigenvalue weighted by Crippen LogP contribution is -2.54. The highest BCUT2D eigenvalue weighted by Gasteiger charge is 2.27. The second-order valence-corrected chi connectivity index (χ2v) is 8.52. The van der Waals surface area contributed by atoms with Gasteiger partial charge in [0.2, 0.25) is 0 Å². The highest BCUT2D eigenvalue weighted by Crippen LogP contribution is 2.31. The second-order valence-electron chi connectivity index (χ2n) is 8.52. The highest BCUT2D eigenvalue weighted by atomic mass is 19.1. The number of fused-ring (bicyclic) bond motifs is 2. The van der Waals surface area contributed by atoms with Gasteiger partial charge in [-0.25, -0.2) is 13.8 Å². The molecule has 3 aromatic heterocycles. The van der Waals surface area contributed by atoms with Crippen LogP contribution in [0.2, 0.25) is 0 Å². The summed E-state index contributed by atoms with van der Waals surface area (Å²) < 4.78 is 31.3. The fraction of sp³-hybridized carbons (Fsp3) is 0.304. The molecule has 4 aromatic rings. The van der Waals surface area contributed by atoms with Gasteiger partial charge < -0.3 is 19.9 Å². The molecule has 0 radical (unpaired) electrons. The van der Waals surface area contributed by atoms with Gasteiger partial charge >= 0.3 is 0 Å². The number of carbonyl (C=O) groups excluding carboxylic acids is 1. The van der Waals surface area contributed by atoms with Crippen LogP contribution in [0.3, 0.4) is 0 Å². The zero-order chi connectivity index (χ0) is 23.3. The number of pyridine rings is 1. The Morgan fingerprint density at radius 3 is 2.48 bits per heavy atom. The van der Waals surface area contributed by atoms with Gasteiger partial charge in [0, 0.05) is 62.1 Å². The number of aryl methyl sites for hydroxylation is 1. The van der Waals surface area contributed by atoms with Crippen LogP contribution in [0.5, 0.6) is 0 Å². The largest absolute Gasteiger partial charge is 0.367 e. The van der Waals surface area contributed by atoms with Crippen LogP contribution < -0.4 is 15.5 Å². The lowest BCUT2D eigenvalue weighted by atomic mass is 10.1. The summed E-state index contributed by atoms with van der Waals surface area (Å²) in [5.41, 5.74) is 1.91. The monoisotopic (exact) mass is 451 g/mol. The van der Waals surface area contributed by atoms with E-state index in [1.165, 1.54) is 29.1 Å². The summed E-state index contributed by atoms with van der Waals surface area (Å²) in [6, 6.07) is 2.91. The minimum absolute atomic E-state index is 0.150. The molecular weight excluding hydrogens is 428 g/mol. The van der Waals surface area contributed by atoms with Gasteiger partial charge in [0.05, 0.1) is 17.1 Å². The van der Waals surface area contributed by atoms with Crippen molar-refractivity contribution in [2.75, 3.05) is 23.3 Å². The molecule has 1 aliphatic rings. The summed E-state index contributed by atoms with van der Waals surface area (Å²) in [4.78, 5) is 27.9. The number of piperazine rings is 1. The predicted molar refractivity (Wildman–Crippen MR) is 122 cm³/mol. The first-order valence-electron chi connectivity index (χ1n) is 10.7. The summed E-state index contributed by atoms with van der Waals surface area (Å²) in [5, 5.41) is 6.03. The molecule has 8 nitrogen and oxygen atoms in total. The Bertz CT molecular complexity index is 1380. The first-order valence-corrected chi connectivity index (χ1v) is 10.7. The van der Waals surface area contributed by atoms with E-state index in [4.69, 9.17) is 0 Å². The van der Waals surface area contributed by atoms with Crippen molar-refractivity contribution in [3.8, 4) is 0 Å². The Kier molecular flexibility index (Phi) is 5.16. The molecule has 170 valence electrons. The molecule has 1 saturated heterocycles. The highest BCUT2D eigenvalue weighted by molar-refractivity contribution is 6.13. The Morgan fingerprint density at radius 1 is 1.06 bits per heavy atom. The zero-order valence-corrected chi connectivity index (χ0v) is 18.4. The van der Waals surface area contributed by atoms with Crippen LogP contribution in [0.4, 0.5) is 20.2 Å². The van der Waals surface area contributed by atoms with Gasteiger partial charge in [-0.15, -0.1) is 0 Å². The van der Waals surface area contributed by atoms with Gasteiger partial charge in [0.15, 0.2) is 11.5 Å². The Labute approximate surface area is 188 Å². The van der Waals surface area contributed by atoms with Gasteiger partial charge in [-0.05, 0) is 20.8 Å². The first kappa shape index (κ1) is 21.2. The maximum absolute atomic E-state index is 15.4. The maximum atomic E-state index is 15.4. The number of rotatable bonds is 3. The molecule has 10 heteroatoms. The number of aromatic nitrogens is 4. The third kappa shape index (κ3) is 3.86. The standard InChI is InChI=1S/C23H23F2N7O/c1-12-8-31(9-13(2)28-12)18-7-16(24)19(21-20(18)26-4-5-27-21)23(33)30-15-6-17(25)22-29-14(3)10-32(22)11-15/h4-7,10-13,28H,8-9H2,1-3H3,(H,30,33)/t12-,13-/m1/s1. The van der Waals surface area contributed by atoms with Crippen molar-refractivity contribution < 1.29 is 13.6 Å². The molecule has 0 saturated carbocycles. The van der Waals surface area contributed by atoms with Crippen LogP contribution in [-0.4, -0.2) is 50.4 Å². The summed E-state index contributed by atoms with van der Waals surface area (Å²) in [7, 11) is 0. The summed E-state index contributed by atoms with van der Waals surface area (Å²) in [5.74, 6) is -2.04. The van der Waals surface area contributed by atoms with E-state index in [1.807, 2.05) is 0 Å². The molecule has 0 unspecified atom stereocenters. The van der Waals surface area contributed by atoms with Crippen molar-refractivity contribution in [1.29, 1.82) is 0 Å². The lowest BCUT2D eigenvalue weighted by Gasteiger charge is -2.38. The van der Waals surface area contributed by atoms with Crippen LogP contribution in [0.1, 0.15) is 29.9 Å². The van der Waals surface area contributed by atoms with Crippen LogP contribution in [0.15, 0.2) is 36.9 Å². The Balaban J connectivity index is 1.55. The smallest absolute Gasteiger partial charge is 0.260 e. The molecule has 1 aromatic carbocycles. The fourth-order valence-electron chi connectivity index (χ4n) is 4.50. The van der Waals surface area contributed by atoms with E-state index in [1.54, 1.807) is 13.1 Å². The summed E-state index contributed by atoms with van der Waals surface area (Å²) >= 11 is 0. The number of imidazole rings is 1. The van der Waals surface area contributed by atoms with Gasteiger partial charge in [-0.2, -0.15) is 0 Å². The molecule has 0 aliphatic carbocycles. The third-order valence-corrected chi connectivity index (χ3v) is 5.69. The molecule has 1 aliphatic heterocycles. The molecule has 1 fully saturated rings. The van der Waals surface area contributed by atoms with Gasteiger partial charge in [0.1, 0.15) is 22.4 Å². The number of amides is 1. The average Bonchev–Trinajstić information content (AvgIpc) is 3.13. The Morgan fingerprint density at radius 2 is 1.76 bits per heavy atom. The van der Waals surface area contributed by atoms with Crippen molar-refractivity contribution in [2.45, 2.75) is 32.9 Å². The molecule has 1 amide bonds. The van der Waals surface area contributed by atoms with Crippen molar-refractivity contribution in [3.05, 3.63) is 59.8 Å². The fourth-order valence-corrected chi connectivity index (χ4v) is 4.50. The van der Waals surface area contributed by atoms with Crippen molar-refractivity contribution >= 4 is 34.0 Å². The van der Waals surface area contributed by atoms with Crippen LogP contribution in [0.25, 0.3) is 16.7 Å². The van der Waals surface area contributed by atoms with Gasteiger partial charge in [-0.1, -0.05) is 0 Å². The second kappa shape index (κ2) is 8.04. The maximum Gasteiger partial charge on any atom is 0.260 e. The normalized spacial score (nSPS) is 18.8. The SMILES string of the molecule is Cc1cn2cc(NC(=O)c3c(F)cc(N4C[C@@H](C)N[C@H](C)C4)c4nccnc34)cc(F)c2n1. The molecular formula is C23H23F2N7O. The number of halogens is 2. The number of anilines is 2. The number of hydrogen-bond donors (Lipinski definition) is 2. The van der Waals surface area contributed by atoms with E-state index in [9.17, 15) is 9.18 Å². The van der Waals surface area contributed by atoms with Crippen LogP contribution >= 0.6 is 0 Å². The van der Waals surface area contributed by atoms with Crippen molar-refractivity contribution in [1.82, 2.24) is 24.7 Å². The van der Waals surface area contributed by atoms with E-state index in [0.29, 0.717) is 30.0 Å². The first-order chi connectivity index (χ1) is 15.8. The van der Waals surface area contributed by atoms with E-state index in [0.717, 1.165) is 6.07 Å². The minimum atomic E-state index is -0.734. The van der Waals surface area contributed by atoms with E-state index >= 15 is 4.39 Å².